The summed E-state index contributed by atoms with van der Waals surface area (Å²) in [5.41, 5.74) is -0.0602. The lowest BCUT2D eigenvalue weighted by Crippen LogP contribution is -2.03. The molecule has 0 radical (unpaired) electrons. The highest BCUT2D eigenvalue weighted by atomic mass is 35.5. The maximum absolute atomic E-state index is 11.0. The van der Waals surface area contributed by atoms with Crippen LogP contribution in [0.25, 0.3) is 0 Å². The lowest BCUT2D eigenvalue weighted by molar-refractivity contribution is 0.0698. The number of nitriles is 2. The molecule has 1 rings (SSSR count). The maximum Gasteiger partial charge on any atom is 0.339 e. The topological polar surface area (TPSA) is 96.9 Å². The predicted molar refractivity (Wildman–Crippen MR) is 61.3 cm³/mol. The standard InChI is InChI=1S/C11H6ClN3O2/c12-8-2-1-3-9(10(8)11(16)17)15-6-7(4-13)5-14/h1-3,6,15H,(H,16,17). The SMILES string of the molecule is N#CC(C#N)=CNc1cccc(Cl)c1C(=O)O. The summed E-state index contributed by atoms with van der Waals surface area (Å²) in [5, 5.41) is 28.6. The minimum absolute atomic E-state index is 0.0753. The van der Waals surface area contributed by atoms with Crippen molar-refractivity contribution in [3.05, 3.63) is 40.6 Å². The molecule has 0 bridgehead atoms. The van der Waals surface area contributed by atoms with Crippen molar-refractivity contribution < 1.29 is 9.90 Å². The fourth-order valence-electron chi connectivity index (χ4n) is 1.10. The lowest BCUT2D eigenvalue weighted by Gasteiger charge is -2.06. The fourth-order valence-corrected chi connectivity index (χ4v) is 1.36. The van der Waals surface area contributed by atoms with Gasteiger partial charge in [-0.15, -0.1) is 0 Å². The molecular formula is C11H6ClN3O2. The van der Waals surface area contributed by atoms with Crippen LogP contribution in [0.1, 0.15) is 10.4 Å². The van der Waals surface area contributed by atoms with Crippen LogP contribution < -0.4 is 5.32 Å². The van der Waals surface area contributed by atoms with E-state index in [1.54, 1.807) is 18.2 Å². The van der Waals surface area contributed by atoms with Crippen molar-refractivity contribution in [2.45, 2.75) is 0 Å². The van der Waals surface area contributed by atoms with Crippen LogP contribution in [0, 0.1) is 22.7 Å². The normalized spacial score (nSPS) is 8.65. The number of aromatic carboxylic acids is 1. The highest BCUT2D eigenvalue weighted by Gasteiger charge is 2.13. The zero-order chi connectivity index (χ0) is 12.8. The average molecular weight is 248 g/mol. The summed E-state index contributed by atoms with van der Waals surface area (Å²) in [6.45, 7) is 0. The monoisotopic (exact) mass is 247 g/mol. The second-order valence-corrected chi connectivity index (χ2v) is 3.30. The summed E-state index contributed by atoms with van der Waals surface area (Å²) in [7, 11) is 0. The van der Waals surface area contributed by atoms with Crippen molar-refractivity contribution in [2.75, 3.05) is 5.32 Å². The Morgan fingerprint density at radius 2 is 2.06 bits per heavy atom. The van der Waals surface area contributed by atoms with Crippen LogP contribution >= 0.6 is 11.6 Å². The van der Waals surface area contributed by atoms with E-state index in [1.165, 1.54) is 12.1 Å². The van der Waals surface area contributed by atoms with E-state index >= 15 is 0 Å². The third-order valence-corrected chi connectivity index (χ3v) is 2.16. The molecule has 2 N–H and O–H groups in total. The van der Waals surface area contributed by atoms with Crippen molar-refractivity contribution in [1.82, 2.24) is 0 Å². The Labute approximate surface area is 102 Å². The molecule has 0 spiro atoms. The molecule has 0 amide bonds. The molecule has 17 heavy (non-hydrogen) atoms. The molecule has 0 fully saturated rings. The number of allylic oxidation sites excluding steroid dienone is 1. The van der Waals surface area contributed by atoms with E-state index in [1.807, 2.05) is 0 Å². The summed E-state index contributed by atoms with van der Waals surface area (Å²) >= 11 is 5.74. The Hall–Kier alpha value is -2.50. The van der Waals surface area contributed by atoms with Crippen molar-refractivity contribution in [3.8, 4) is 12.1 Å². The average Bonchev–Trinajstić information content (AvgIpc) is 2.29. The molecule has 0 aliphatic heterocycles. The molecule has 0 heterocycles. The number of halogens is 1. The van der Waals surface area contributed by atoms with Gasteiger partial charge in [0.25, 0.3) is 0 Å². The van der Waals surface area contributed by atoms with Crippen LogP contribution in [0.4, 0.5) is 5.69 Å². The Bertz CT molecular complexity index is 551. The summed E-state index contributed by atoms with van der Waals surface area (Å²) in [6.07, 6.45) is 1.12. The number of carboxylic acid groups (broad SMARTS) is 1. The summed E-state index contributed by atoms with van der Waals surface area (Å²) in [5.74, 6) is -1.19. The van der Waals surface area contributed by atoms with Crippen molar-refractivity contribution in [3.63, 3.8) is 0 Å². The Kier molecular flexibility index (Phi) is 4.10. The van der Waals surface area contributed by atoms with Crippen molar-refractivity contribution >= 4 is 23.3 Å². The molecule has 0 aliphatic carbocycles. The molecule has 0 aromatic heterocycles. The van der Waals surface area contributed by atoms with Gasteiger partial charge in [-0.25, -0.2) is 4.79 Å². The van der Waals surface area contributed by atoms with Gasteiger partial charge in [0.05, 0.1) is 10.7 Å². The molecule has 0 atom stereocenters. The number of nitrogens with zero attached hydrogens (tertiary/aromatic N) is 2. The molecular weight excluding hydrogens is 242 g/mol. The number of rotatable bonds is 3. The molecule has 84 valence electrons. The van der Waals surface area contributed by atoms with Crippen LogP contribution in [-0.2, 0) is 0 Å². The van der Waals surface area contributed by atoms with E-state index in [0.29, 0.717) is 0 Å². The van der Waals surface area contributed by atoms with Gasteiger partial charge in [-0.3, -0.25) is 0 Å². The van der Waals surface area contributed by atoms with Crippen LogP contribution in [0.2, 0.25) is 5.02 Å². The first kappa shape index (κ1) is 12.6. The first-order valence-electron chi connectivity index (χ1n) is 4.39. The smallest absolute Gasteiger partial charge is 0.339 e. The number of hydrogen-bond acceptors (Lipinski definition) is 4. The van der Waals surface area contributed by atoms with E-state index in [-0.39, 0.29) is 21.8 Å². The van der Waals surface area contributed by atoms with E-state index in [0.717, 1.165) is 6.20 Å². The second kappa shape index (κ2) is 5.55. The minimum atomic E-state index is -1.19. The number of benzene rings is 1. The van der Waals surface area contributed by atoms with Crippen molar-refractivity contribution in [1.29, 1.82) is 10.5 Å². The highest BCUT2D eigenvalue weighted by molar-refractivity contribution is 6.34. The quantitative estimate of drug-likeness (QED) is 0.799. The van der Waals surface area contributed by atoms with Gasteiger partial charge in [0.2, 0.25) is 0 Å². The Morgan fingerprint density at radius 1 is 1.41 bits per heavy atom. The number of hydrogen-bond donors (Lipinski definition) is 2. The first-order valence-corrected chi connectivity index (χ1v) is 4.76. The second-order valence-electron chi connectivity index (χ2n) is 2.89. The number of carbonyl (C=O) groups is 1. The maximum atomic E-state index is 11.0. The van der Waals surface area contributed by atoms with Gasteiger partial charge in [0.1, 0.15) is 23.3 Å². The van der Waals surface area contributed by atoms with Gasteiger partial charge in [0, 0.05) is 6.20 Å². The van der Waals surface area contributed by atoms with Gasteiger partial charge < -0.3 is 10.4 Å². The molecule has 1 aromatic carbocycles. The minimum Gasteiger partial charge on any atom is -0.478 e. The van der Waals surface area contributed by atoms with Crippen LogP contribution in [-0.4, -0.2) is 11.1 Å². The molecule has 1 aromatic rings. The molecule has 5 nitrogen and oxygen atoms in total. The molecule has 0 aliphatic rings. The van der Waals surface area contributed by atoms with Crippen molar-refractivity contribution in [2.24, 2.45) is 0 Å². The number of nitrogens with one attached hydrogen (secondary N) is 1. The molecule has 6 heteroatoms. The molecule has 0 saturated carbocycles. The molecule has 0 unspecified atom stereocenters. The van der Waals surface area contributed by atoms with E-state index < -0.39 is 5.97 Å². The lowest BCUT2D eigenvalue weighted by atomic mass is 10.2. The zero-order valence-corrected chi connectivity index (χ0v) is 9.19. The third kappa shape index (κ3) is 2.97. The number of anilines is 1. The van der Waals surface area contributed by atoms with Gasteiger partial charge in [0.15, 0.2) is 0 Å². The highest BCUT2D eigenvalue weighted by Crippen LogP contribution is 2.24. The summed E-state index contributed by atoms with van der Waals surface area (Å²) < 4.78 is 0. The fraction of sp³-hybridized carbons (Fsp3) is 0. The third-order valence-electron chi connectivity index (χ3n) is 1.84. The van der Waals surface area contributed by atoms with Gasteiger partial charge in [-0.1, -0.05) is 17.7 Å². The summed E-state index contributed by atoms with van der Waals surface area (Å²) in [6, 6.07) is 7.77. The van der Waals surface area contributed by atoms with Crippen LogP contribution in [0.15, 0.2) is 30.0 Å². The predicted octanol–water partition coefficient (Wildman–Crippen LogP) is 2.38. The van der Waals surface area contributed by atoms with E-state index in [9.17, 15) is 4.79 Å². The Morgan fingerprint density at radius 3 is 2.59 bits per heavy atom. The van der Waals surface area contributed by atoms with Gasteiger partial charge >= 0.3 is 5.97 Å². The Balaban J connectivity index is 3.14. The summed E-state index contributed by atoms with van der Waals surface area (Å²) in [4.78, 5) is 11.0. The number of carboxylic acids is 1. The van der Waals surface area contributed by atoms with E-state index in [2.05, 4.69) is 5.32 Å². The molecule has 0 saturated heterocycles. The van der Waals surface area contributed by atoms with Gasteiger partial charge in [-0.05, 0) is 12.1 Å². The van der Waals surface area contributed by atoms with Gasteiger partial charge in [-0.2, -0.15) is 10.5 Å². The zero-order valence-electron chi connectivity index (χ0n) is 8.44. The van der Waals surface area contributed by atoms with E-state index in [4.69, 9.17) is 27.2 Å². The van der Waals surface area contributed by atoms with Crippen LogP contribution in [0.3, 0.4) is 0 Å². The van der Waals surface area contributed by atoms with Crippen LogP contribution in [0.5, 0.6) is 0 Å². The first-order chi connectivity index (χ1) is 8.10. The largest absolute Gasteiger partial charge is 0.478 e.